The van der Waals surface area contributed by atoms with Crippen LogP contribution < -0.4 is 10.5 Å². The van der Waals surface area contributed by atoms with Gasteiger partial charge in [-0.3, -0.25) is 0 Å². The molecule has 3 rings (SSSR count). The first-order valence-corrected chi connectivity index (χ1v) is 6.58. The van der Waals surface area contributed by atoms with Crippen LogP contribution in [0.3, 0.4) is 0 Å². The first-order chi connectivity index (χ1) is 9.70. The first kappa shape index (κ1) is 12.7. The van der Waals surface area contributed by atoms with E-state index in [1.54, 1.807) is 6.07 Å². The van der Waals surface area contributed by atoms with Gasteiger partial charge in [-0.15, -0.1) is 0 Å². The molecule has 0 aliphatic carbocycles. The monoisotopic (exact) mass is 381 g/mol. The van der Waals surface area contributed by atoms with Crippen LogP contribution in [-0.2, 0) is 0 Å². The van der Waals surface area contributed by atoms with E-state index in [1.807, 2.05) is 18.2 Å². The van der Waals surface area contributed by atoms with E-state index in [0.717, 1.165) is 3.57 Å². The van der Waals surface area contributed by atoms with Crippen LogP contribution in [0, 0.1) is 3.57 Å². The zero-order valence-electron chi connectivity index (χ0n) is 10.0. The van der Waals surface area contributed by atoms with Crippen LogP contribution in [0.15, 0.2) is 36.9 Å². The molecule has 0 spiro atoms. The summed E-state index contributed by atoms with van der Waals surface area (Å²) in [5.74, 6) is 0.911. The van der Waals surface area contributed by atoms with Gasteiger partial charge in [-0.2, -0.15) is 24.7 Å². The van der Waals surface area contributed by atoms with Crippen LogP contribution >= 0.6 is 22.6 Å². The number of nitrogen functional groups attached to an aromatic ring is 1. The number of aromatic nitrogens is 6. The minimum absolute atomic E-state index is 0.0473. The van der Waals surface area contributed by atoms with Crippen LogP contribution in [0.5, 0.6) is 11.8 Å². The van der Waals surface area contributed by atoms with Crippen molar-refractivity contribution in [2.24, 2.45) is 0 Å². The maximum atomic E-state index is 5.64. The number of hydrogen-bond donors (Lipinski definition) is 1. The van der Waals surface area contributed by atoms with Crippen LogP contribution in [-0.4, -0.2) is 29.7 Å². The fourth-order valence-corrected chi connectivity index (χ4v) is 1.97. The molecule has 0 aliphatic rings. The number of anilines is 1. The average molecular weight is 381 g/mol. The summed E-state index contributed by atoms with van der Waals surface area (Å²) in [4.78, 5) is 15.9. The van der Waals surface area contributed by atoms with Gasteiger partial charge in [0.05, 0.1) is 0 Å². The van der Waals surface area contributed by atoms with E-state index in [9.17, 15) is 0 Å². The van der Waals surface area contributed by atoms with Crippen molar-refractivity contribution in [2.45, 2.75) is 0 Å². The van der Waals surface area contributed by atoms with Crippen LogP contribution in [0.2, 0.25) is 0 Å². The lowest BCUT2D eigenvalue weighted by Gasteiger charge is -2.06. The quantitative estimate of drug-likeness (QED) is 0.685. The Labute approximate surface area is 127 Å². The molecule has 0 amide bonds. The highest BCUT2D eigenvalue weighted by Crippen LogP contribution is 2.20. The Bertz CT molecular complexity index is 731. The molecule has 3 aromatic rings. The third-order valence-electron chi connectivity index (χ3n) is 2.25. The van der Waals surface area contributed by atoms with Crippen molar-refractivity contribution in [1.29, 1.82) is 0 Å². The molecule has 0 saturated heterocycles. The van der Waals surface area contributed by atoms with Crippen molar-refractivity contribution in [1.82, 2.24) is 29.7 Å². The Kier molecular flexibility index (Phi) is 3.41. The lowest BCUT2D eigenvalue weighted by molar-refractivity contribution is 0.438. The van der Waals surface area contributed by atoms with Gasteiger partial charge >= 0.3 is 6.01 Å². The van der Waals surface area contributed by atoms with E-state index in [2.05, 4.69) is 47.6 Å². The van der Waals surface area contributed by atoms with Crippen molar-refractivity contribution < 1.29 is 4.74 Å². The van der Waals surface area contributed by atoms with Gasteiger partial charge in [0.2, 0.25) is 5.95 Å². The summed E-state index contributed by atoms with van der Waals surface area (Å²) < 4.78 is 7.99. The molecule has 0 radical (unpaired) electrons. The maximum absolute atomic E-state index is 5.64. The molecule has 20 heavy (non-hydrogen) atoms. The van der Waals surface area contributed by atoms with Crippen LogP contribution in [0.25, 0.3) is 5.95 Å². The minimum atomic E-state index is 0.0473. The summed E-state index contributed by atoms with van der Waals surface area (Å²) in [6.45, 7) is 0. The van der Waals surface area contributed by atoms with Crippen molar-refractivity contribution in [3.63, 3.8) is 0 Å². The number of nitrogens with zero attached hydrogens (tertiary/aromatic N) is 6. The molecular weight excluding hydrogens is 373 g/mol. The second-order valence-corrected chi connectivity index (χ2v) is 4.92. The third kappa shape index (κ3) is 2.82. The highest BCUT2D eigenvalue weighted by Gasteiger charge is 2.09. The highest BCUT2D eigenvalue weighted by molar-refractivity contribution is 14.1. The second-order valence-electron chi connectivity index (χ2n) is 3.68. The Morgan fingerprint density at radius 1 is 1.20 bits per heavy atom. The zero-order valence-corrected chi connectivity index (χ0v) is 12.2. The summed E-state index contributed by atoms with van der Waals surface area (Å²) in [5, 5.41) is 3.93. The fourth-order valence-electron chi connectivity index (χ4n) is 1.46. The average Bonchev–Trinajstić information content (AvgIpc) is 2.91. The number of nitrogens with two attached hydrogens (primary N) is 1. The predicted molar refractivity (Wildman–Crippen MR) is 78.4 cm³/mol. The van der Waals surface area contributed by atoms with E-state index < -0.39 is 0 Å². The predicted octanol–water partition coefficient (Wildman–Crippen LogP) is 1.43. The summed E-state index contributed by atoms with van der Waals surface area (Å²) in [6, 6.07) is 7.59. The van der Waals surface area contributed by atoms with Gasteiger partial charge in [0.1, 0.15) is 18.4 Å². The van der Waals surface area contributed by atoms with Gasteiger partial charge in [-0.05, 0) is 40.8 Å². The van der Waals surface area contributed by atoms with E-state index in [-0.39, 0.29) is 17.9 Å². The van der Waals surface area contributed by atoms with Crippen molar-refractivity contribution in [3.8, 4) is 17.7 Å². The van der Waals surface area contributed by atoms with Gasteiger partial charge in [0, 0.05) is 3.57 Å². The molecule has 0 atom stereocenters. The van der Waals surface area contributed by atoms with Crippen molar-refractivity contribution in [2.75, 3.05) is 5.73 Å². The molecule has 2 aromatic heterocycles. The van der Waals surface area contributed by atoms with E-state index in [1.165, 1.54) is 17.3 Å². The largest absolute Gasteiger partial charge is 0.424 e. The third-order valence-corrected chi connectivity index (χ3v) is 2.92. The molecule has 8 nitrogen and oxygen atoms in total. The maximum Gasteiger partial charge on any atom is 0.328 e. The molecule has 0 aliphatic heterocycles. The number of hydrogen-bond acceptors (Lipinski definition) is 7. The molecule has 2 heterocycles. The first-order valence-electron chi connectivity index (χ1n) is 5.51. The summed E-state index contributed by atoms with van der Waals surface area (Å²) in [6.07, 6.45) is 2.84. The van der Waals surface area contributed by atoms with Gasteiger partial charge in [-0.25, -0.2) is 4.98 Å². The number of rotatable bonds is 3. The van der Waals surface area contributed by atoms with Gasteiger partial charge in [-0.1, -0.05) is 6.07 Å². The molecule has 1 aromatic carbocycles. The van der Waals surface area contributed by atoms with Gasteiger partial charge < -0.3 is 10.5 Å². The lowest BCUT2D eigenvalue weighted by atomic mass is 10.3. The normalized spacial score (nSPS) is 10.4. The Morgan fingerprint density at radius 2 is 2.10 bits per heavy atom. The summed E-state index contributed by atoms with van der Waals surface area (Å²) >= 11 is 2.19. The molecular formula is C11H8IN7O. The Balaban J connectivity index is 1.94. The van der Waals surface area contributed by atoms with Gasteiger partial charge in [0.25, 0.3) is 5.95 Å². The molecule has 100 valence electrons. The molecule has 9 heteroatoms. The van der Waals surface area contributed by atoms with E-state index >= 15 is 0 Å². The van der Waals surface area contributed by atoms with Crippen LogP contribution in [0.1, 0.15) is 0 Å². The fraction of sp³-hybridized carbons (Fsp3) is 0. The Hall–Kier alpha value is -2.30. The summed E-state index contributed by atoms with van der Waals surface area (Å²) in [7, 11) is 0. The lowest BCUT2D eigenvalue weighted by Crippen LogP contribution is -2.07. The molecule has 2 N–H and O–H groups in total. The SMILES string of the molecule is Nc1nc(Oc2cccc(I)c2)nc(-n2cncn2)n1. The smallest absolute Gasteiger partial charge is 0.328 e. The number of benzene rings is 1. The number of halogens is 1. The molecule has 0 bridgehead atoms. The topological polar surface area (TPSA) is 105 Å². The van der Waals surface area contributed by atoms with E-state index in [0.29, 0.717) is 5.75 Å². The van der Waals surface area contributed by atoms with E-state index in [4.69, 9.17) is 10.5 Å². The van der Waals surface area contributed by atoms with Gasteiger partial charge in [0.15, 0.2) is 0 Å². The molecule has 0 unspecified atom stereocenters. The molecule has 0 fully saturated rings. The Morgan fingerprint density at radius 3 is 2.85 bits per heavy atom. The standard InChI is InChI=1S/C11H8IN7O/c12-7-2-1-3-8(4-7)20-11-17-9(13)16-10(18-11)19-6-14-5-15-19/h1-6H,(H2,13,16,17,18). The van der Waals surface area contributed by atoms with Crippen molar-refractivity contribution >= 4 is 28.5 Å². The minimum Gasteiger partial charge on any atom is -0.424 e. The zero-order chi connectivity index (χ0) is 13.9. The van der Waals surface area contributed by atoms with Crippen LogP contribution in [0.4, 0.5) is 5.95 Å². The summed E-state index contributed by atoms with van der Waals surface area (Å²) in [5.41, 5.74) is 5.64. The van der Waals surface area contributed by atoms with Crippen molar-refractivity contribution in [3.05, 3.63) is 40.5 Å². The highest BCUT2D eigenvalue weighted by atomic mass is 127. The number of ether oxygens (including phenoxy) is 1. The molecule has 0 saturated carbocycles. The second kappa shape index (κ2) is 5.36.